The lowest BCUT2D eigenvalue weighted by Gasteiger charge is -2.32. The van der Waals surface area contributed by atoms with Crippen LogP contribution in [0.2, 0.25) is 0 Å². The van der Waals surface area contributed by atoms with Gasteiger partial charge in [0.2, 0.25) is 5.91 Å². The smallest absolute Gasteiger partial charge is 0.328 e. The van der Waals surface area contributed by atoms with Gasteiger partial charge in [-0.25, -0.2) is 14.8 Å². The van der Waals surface area contributed by atoms with E-state index < -0.39 is 6.03 Å². The SMILES string of the molecule is CC(C)Oc1cc(NC(=O)N(C)c2ccc(CN3CCN(C)CC3=O)c(C=O)n2)ncc1C#N. The molecule has 0 bridgehead atoms. The number of urea groups is 1. The molecule has 11 heteroatoms. The van der Waals surface area contributed by atoms with Crippen molar-refractivity contribution in [2.75, 3.05) is 43.9 Å². The molecule has 2 aromatic rings. The minimum Gasteiger partial charge on any atom is -0.489 e. The molecule has 1 aliphatic heterocycles. The molecule has 178 valence electrons. The summed E-state index contributed by atoms with van der Waals surface area (Å²) in [6.45, 7) is 5.58. The van der Waals surface area contributed by atoms with Crippen molar-refractivity contribution >= 4 is 29.9 Å². The number of nitriles is 1. The zero-order chi connectivity index (χ0) is 24.8. The number of carbonyl (C=O) groups is 3. The number of hydrogen-bond donors (Lipinski definition) is 1. The minimum atomic E-state index is -0.543. The third kappa shape index (κ3) is 5.85. The van der Waals surface area contributed by atoms with Crippen molar-refractivity contribution in [2.24, 2.45) is 0 Å². The number of piperazine rings is 1. The third-order valence-electron chi connectivity index (χ3n) is 5.21. The molecule has 1 N–H and O–H groups in total. The van der Waals surface area contributed by atoms with Crippen LogP contribution in [0.3, 0.4) is 0 Å². The molecule has 0 atom stereocenters. The fourth-order valence-corrected chi connectivity index (χ4v) is 3.35. The van der Waals surface area contributed by atoms with Crippen LogP contribution in [0.5, 0.6) is 5.75 Å². The Kier molecular flexibility index (Phi) is 7.75. The van der Waals surface area contributed by atoms with Crippen LogP contribution >= 0.6 is 0 Å². The first kappa shape index (κ1) is 24.6. The van der Waals surface area contributed by atoms with Crippen molar-refractivity contribution in [3.63, 3.8) is 0 Å². The summed E-state index contributed by atoms with van der Waals surface area (Å²) in [5.41, 5.74) is 1.02. The number of hydrogen-bond acceptors (Lipinski definition) is 8. The van der Waals surface area contributed by atoms with Gasteiger partial charge in [0.15, 0.2) is 6.29 Å². The van der Waals surface area contributed by atoms with Crippen LogP contribution in [-0.4, -0.2) is 77.8 Å². The van der Waals surface area contributed by atoms with Crippen molar-refractivity contribution in [2.45, 2.75) is 26.5 Å². The second-order valence-electron chi connectivity index (χ2n) is 8.22. The van der Waals surface area contributed by atoms with E-state index in [1.54, 1.807) is 17.0 Å². The van der Waals surface area contributed by atoms with Crippen molar-refractivity contribution < 1.29 is 19.1 Å². The number of aldehydes is 1. The number of anilines is 2. The molecule has 3 heterocycles. The molecule has 3 amide bonds. The maximum atomic E-state index is 12.8. The van der Waals surface area contributed by atoms with Gasteiger partial charge in [-0.1, -0.05) is 6.07 Å². The van der Waals surface area contributed by atoms with Gasteiger partial charge < -0.3 is 9.64 Å². The molecule has 0 aliphatic carbocycles. The third-order valence-corrected chi connectivity index (χ3v) is 5.21. The number of carbonyl (C=O) groups excluding carboxylic acids is 3. The largest absolute Gasteiger partial charge is 0.489 e. The van der Waals surface area contributed by atoms with Gasteiger partial charge in [-0.15, -0.1) is 0 Å². The van der Waals surface area contributed by atoms with Crippen molar-refractivity contribution in [3.05, 3.63) is 41.2 Å². The van der Waals surface area contributed by atoms with Crippen molar-refractivity contribution in [1.82, 2.24) is 19.8 Å². The Morgan fingerprint density at radius 3 is 2.79 bits per heavy atom. The molecular weight excluding hydrogens is 438 g/mol. The summed E-state index contributed by atoms with van der Waals surface area (Å²) < 4.78 is 5.61. The molecule has 34 heavy (non-hydrogen) atoms. The Bertz CT molecular complexity index is 1130. The molecule has 0 aromatic carbocycles. The van der Waals surface area contributed by atoms with Crippen molar-refractivity contribution in [1.29, 1.82) is 5.26 Å². The summed E-state index contributed by atoms with van der Waals surface area (Å²) in [7, 11) is 3.39. The van der Waals surface area contributed by atoms with Gasteiger partial charge >= 0.3 is 6.03 Å². The zero-order valence-electron chi connectivity index (χ0n) is 19.6. The summed E-state index contributed by atoms with van der Waals surface area (Å²) in [6.07, 6.45) is 1.78. The van der Waals surface area contributed by atoms with Gasteiger partial charge in [0, 0.05) is 38.3 Å². The summed E-state index contributed by atoms with van der Waals surface area (Å²) in [5, 5.41) is 11.8. The molecular formula is C23H27N7O4. The Morgan fingerprint density at radius 1 is 1.38 bits per heavy atom. The summed E-state index contributed by atoms with van der Waals surface area (Å²) in [4.78, 5) is 49.9. The highest BCUT2D eigenvalue weighted by Crippen LogP contribution is 2.23. The molecule has 0 spiro atoms. The van der Waals surface area contributed by atoms with E-state index in [4.69, 9.17) is 4.74 Å². The number of rotatable bonds is 7. The lowest BCUT2D eigenvalue weighted by molar-refractivity contribution is -0.136. The van der Waals surface area contributed by atoms with E-state index in [0.717, 1.165) is 6.54 Å². The molecule has 3 rings (SSSR count). The highest BCUT2D eigenvalue weighted by molar-refractivity contribution is 6.00. The van der Waals surface area contributed by atoms with E-state index in [1.165, 1.54) is 24.2 Å². The first-order chi connectivity index (χ1) is 16.2. The Balaban J connectivity index is 1.73. The average molecular weight is 466 g/mol. The Labute approximate surface area is 197 Å². The highest BCUT2D eigenvalue weighted by Gasteiger charge is 2.23. The van der Waals surface area contributed by atoms with E-state index >= 15 is 0 Å². The van der Waals surface area contributed by atoms with Crippen molar-refractivity contribution in [3.8, 4) is 11.8 Å². The first-order valence-corrected chi connectivity index (χ1v) is 10.7. The molecule has 1 saturated heterocycles. The van der Waals surface area contributed by atoms with Crippen LogP contribution < -0.4 is 15.0 Å². The molecule has 1 aliphatic rings. The summed E-state index contributed by atoms with van der Waals surface area (Å²) in [6, 6.07) is 6.24. The second-order valence-corrected chi connectivity index (χ2v) is 8.22. The van der Waals surface area contributed by atoms with Gasteiger partial charge in [0.25, 0.3) is 0 Å². The number of aromatic nitrogens is 2. The van der Waals surface area contributed by atoms with Crippen LogP contribution in [0.25, 0.3) is 0 Å². The normalized spacial score (nSPS) is 14.0. The van der Waals surface area contributed by atoms with E-state index in [1.807, 2.05) is 31.9 Å². The molecule has 1 fully saturated rings. The fourth-order valence-electron chi connectivity index (χ4n) is 3.35. The monoisotopic (exact) mass is 465 g/mol. The lowest BCUT2D eigenvalue weighted by atomic mass is 10.1. The van der Waals surface area contributed by atoms with E-state index in [0.29, 0.717) is 30.7 Å². The standard InChI is InChI=1S/C23H27N7O4/c1-15(2)34-19-9-20(25-11-17(19)10-24)27-23(33)29(4)21-6-5-16(18(14-31)26-21)12-30-8-7-28(3)13-22(30)32/h5-6,9,11,14-15H,7-8,12-13H2,1-4H3,(H,25,27,33). The van der Waals surface area contributed by atoms with Crippen LogP contribution in [0.1, 0.15) is 35.5 Å². The van der Waals surface area contributed by atoms with Crippen LogP contribution in [0, 0.1) is 11.3 Å². The van der Waals surface area contributed by atoms with E-state index in [-0.39, 0.29) is 41.4 Å². The molecule has 11 nitrogen and oxygen atoms in total. The lowest BCUT2D eigenvalue weighted by Crippen LogP contribution is -2.48. The highest BCUT2D eigenvalue weighted by atomic mass is 16.5. The number of nitrogens with one attached hydrogen (secondary N) is 1. The summed E-state index contributed by atoms with van der Waals surface area (Å²) >= 11 is 0. The number of ether oxygens (including phenoxy) is 1. The van der Waals surface area contributed by atoms with E-state index in [2.05, 4.69) is 15.3 Å². The Morgan fingerprint density at radius 2 is 2.15 bits per heavy atom. The first-order valence-electron chi connectivity index (χ1n) is 10.7. The topological polar surface area (TPSA) is 132 Å². The Hall–Kier alpha value is -4.04. The van der Waals surface area contributed by atoms with Gasteiger partial charge in [-0.3, -0.25) is 24.7 Å². The summed E-state index contributed by atoms with van der Waals surface area (Å²) in [5.74, 6) is 0.754. The van der Waals surface area contributed by atoms with Crippen LogP contribution in [0.15, 0.2) is 24.4 Å². The molecule has 0 saturated carbocycles. The maximum Gasteiger partial charge on any atom is 0.328 e. The number of amides is 3. The molecule has 0 unspecified atom stereocenters. The zero-order valence-corrected chi connectivity index (χ0v) is 19.6. The fraction of sp³-hybridized carbons (Fsp3) is 0.391. The predicted octanol–water partition coefficient (Wildman–Crippen LogP) is 1.89. The average Bonchev–Trinajstić information content (AvgIpc) is 2.80. The number of pyridine rings is 2. The molecule has 0 radical (unpaired) electrons. The quantitative estimate of drug-likeness (QED) is 0.613. The predicted molar refractivity (Wildman–Crippen MR) is 125 cm³/mol. The number of likely N-dealkylation sites (N-methyl/N-ethyl adjacent to an activating group) is 1. The molecule has 2 aromatic heterocycles. The van der Waals surface area contributed by atoms with Gasteiger partial charge in [-0.05, 0) is 27.0 Å². The van der Waals surface area contributed by atoms with Gasteiger partial charge in [0.05, 0.1) is 18.8 Å². The van der Waals surface area contributed by atoms with E-state index in [9.17, 15) is 19.6 Å². The maximum absolute atomic E-state index is 12.8. The van der Waals surface area contributed by atoms with Gasteiger partial charge in [-0.2, -0.15) is 5.26 Å². The number of nitrogens with zero attached hydrogens (tertiary/aromatic N) is 6. The van der Waals surface area contributed by atoms with Crippen LogP contribution in [0.4, 0.5) is 16.4 Å². The van der Waals surface area contributed by atoms with Gasteiger partial charge in [0.1, 0.15) is 34.7 Å². The minimum absolute atomic E-state index is 0.0121. The van der Waals surface area contributed by atoms with Crippen LogP contribution in [-0.2, 0) is 11.3 Å². The second kappa shape index (κ2) is 10.7.